The van der Waals surface area contributed by atoms with Gasteiger partial charge < -0.3 is 14.5 Å². The van der Waals surface area contributed by atoms with E-state index in [0.717, 1.165) is 5.56 Å². The second kappa shape index (κ2) is 11.6. The number of nitrogens with zero attached hydrogens (tertiary/aromatic N) is 6. The Kier molecular flexibility index (Phi) is 8.55. The van der Waals surface area contributed by atoms with Crippen molar-refractivity contribution in [3.05, 3.63) is 40.7 Å². The molecule has 36 heavy (non-hydrogen) atoms. The molecule has 1 aliphatic rings. The molecule has 1 aliphatic heterocycles. The largest absolute Gasteiger partial charge is 0.489 e. The first kappa shape index (κ1) is 26.6. The molecule has 11 heteroatoms. The van der Waals surface area contributed by atoms with Crippen molar-refractivity contribution >= 4 is 29.9 Å². The predicted octanol–water partition coefficient (Wildman–Crippen LogP) is 2.45. The van der Waals surface area contributed by atoms with Gasteiger partial charge in [-0.2, -0.15) is 5.26 Å². The number of fused-ring (bicyclic) bond motifs is 1. The zero-order valence-electron chi connectivity index (χ0n) is 21.2. The normalized spacial score (nSPS) is 12.7. The highest BCUT2D eigenvalue weighted by molar-refractivity contribution is 6.01. The molecular weight excluding hydrogens is 462 g/mol. The summed E-state index contributed by atoms with van der Waals surface area (Å²) in [5, 5.41) is 12.0. The molecule has 0 bridgehead atoms. The van der Waals surface area contributed by atoms with E-state index in [1.807, 2.05) is 40.1 Å². The van der Waals surface area contributed by atoms with Gasteiger partial charge in [0.1, 0.15) is 34.7 Å². The number of pyridine rings is 2. The highest BCUT2D eigenvalue weighted by Crippen LogP contribution is 2.29. The topological polar surface area (TPSA) is 132 Å². The first-order valence-electron chi connectivity index (χ1n) is 11.6. The van der Waals surface area contributed by atoms with Crippen molar-refractivity contribution in [2.75, 3.05) is 44.4 Å². The second-order valence-corrected chi connectivity index (χ2v) is 9.15. The highest BCUT2D eigenvalue weighted by Gasteiger charge is 2.27. The van der Waals surface area contributed by atoms with Crippen LogP contribution in [0.25, 0.3) is 0 Å². The number of aldehydes is 1. The minimum Gasteiger partial charge on any atom is -0.489 e. The summed E-state index contributed by atoms with van der Waals surface area (Å²) < 4.78 is 5.66. The van der Waals surface area contributed by atoms with E-state index in [0.29, 0.717) is 42.8 Å². The Morgan fingerprint density at radius 3 is 2.69 bits per heavy atom. The average Bonchev–Trinajstić information content (AvgIpc) is 2.82. The number of aromatic nitrogens is 2. The summed E-state index contributed by atoms with van der Waals surface area (Å²) >= 11 is 0. The fourth-order valence-corrected chi connectivity index (χ4v) is 3.84. The summed E-state index contributed by atoms with van der Waals surface area (Å²) in [6.45, 7) is 4.58. The van der Waals surface area contributed by atoms with E-state index in [9.17, 15) is 19.6 Å². The zero-order valence-corrected chi connectivity index (χ0v) is 21.2. The lowest BCUT2D eigenvalue weighted by molar-refractivity contribution is -0.131. The Morgan fingerprint density at radius 1 is 1.31 bits per heavy atom. The Bertz CT molecular complexity index is 1190. The molecule has 0 saturated heterocycles. The molecule has 0 radical (unpaired) electrons. The van der Waals surface area contributed by atoms with E-state index < -0.39 is 6.03 Å². The van der Waals surface area contributed by atoms with Crippen molar-refractivity contribution in [1.29, 1.82) is 5.26 Å². The SMILES string of the molecule is CC(C)Oc1cc(NC(=O)N2CCCc3cc(CN(C)C(=O)CN(C)C)c(C=O)nc32)ncc1C#N. The number of hydrogen-bond donors (Lipinski definition) is 1. The fraction of sp³-hybridized carbons (Fsp3) is 0.440. The first-order chi connectivity index (χ1) is 17.1. The molecule has 3 heterocycles. The predicted molar refractivity (Wildman–Crippen MR) is 134 cm³/mol. The number of rotatable bonds is 8. The van der Waals surface area contributed by atoms with Gasteiger partial charge in [0, 0.05) is 31.8 Å². The number of likely N-dealkylation sites (N-methyl/N-ethyl adjacent to an activating group) is 2. The molecule has 0 spiro atoms. The number of nitrogens with one attached hydrogen (secondary N) is 1. The van der Waals surface area contributed by atoms with Crippen LogP contribution >= 0.6 is 0 Å². The number of anilines is 2. The van der Waals surface area contributed by atoms with E-state index >= 15 is 0 Å². The maximum atomic E-state index is 13.2. The molecule has 2 aromatic heterocycles. The number of carbonyl (C=O) groups is 3. The third-order valence-corrected chi connectivity index (χ3v) is 5.50. The van der Waals surface area contributed by atoms with E-state index in [1.165, 1.54) is 17.2 Å². The molecule has 190 valence electrons. The number of carbonyl (C=O) groups excluding carboxylic acids is 3. The number of aryl methyl sites for hydroxylation is 1. The van der Waals surface area contributed by atoms with Crippen LogP contribution in [0, 0.1) is 11.3 Å². The maximum absolute atomic E-state index is 13.2. The summed E-state index contributed by atoms with van der Waals surface area (Å²) in [7, 11) is 5.31. The molecule has 2 aromatic rings. The minimum absolute atomic E-state index is 0.0775. The first-order valence-corrected chi connectivity index (χ1v) is 11.6. The molecule has 3 rings (SSSR count). The van der Waals surface area contributed by atoms with Gasteiger partial charge in [0.05, 0.1) is 18.8 Å². The molecule has 0 aliphatic carbocycles. The van der Waals surface area contributed by atoms with E-state index in [-0.39, 0.29) is 42.2 Å². The molecule has 0 atom stereocenters. The molecular formula is C25H31N7O4. The summed E-state index contributed by atoms with van der Waals surface area (Å²) in [6, 6.07) is 4.92. The fourth-order valence-electron chi connectivity index (χ4n) is 3.84. The van der Waals surface area contributed by atoms with Crippen LogP contribution in [0.4, 0.5) is 16.4 Å². The van der Waals surface area contributed by atoms with Crippen LogP contribution in [0.3, 0.4) is 0 Å². The van der Waals surface area contributed by atoms with Crippen molar-refractivity contribution in [1.82, 2.24) is 19.8 Å². The molecule has 0 aromatic carbocycles. The van der Waals surface area contributed by atoms with Crippen molar-refractivity contribution in [3.8, 4) is 11.8 Å². The molecule has 1 N–H and O–H groups in total. The molecule has 11 nitrogen and oxygen atoms in total. The van der Waals surface area contributed by atoms with Crippen LogP contribution < -0.4 is 15.0 Å². The van der Waals surface area contributed by atoms with Gasteiger partial charge in [-0.25, -0.2) is 14.8 Å². The Morgan fingerprint density at radius 2 is 2.06 bits per heavy atom. The number of urea groups is 1. The number of ether oxygens (including phenoxy) is 1. The van der Waals surface area contributed by atoms with E-state index in [2.05, 4.69) is 15.3 Å². The van der Waals surface area contributed by atoms with Crippen molar-refractivity contribution in [3.63, 3.8) is 0 Å². The summed E-state index contributed by atoms with van der Waals surface area (Å²) in [4.78, 5) is 50.8. The number of amides is 3. The smallest absolute Gasteiger partial charge is 0.328 e. The molecule has 0 fully saturated rings. The van der Waals surface area contributed by atoms with Gasteiger partial charge in [0.25, 0.3) is 0 Å². The highest BCUT2D eigenvalue weighted by atomic mass is 16.5. The Labute approximate surface area is 210 Å². The zero-order chi connectivity index (χ0) is 26.4. The van der Waals surface area contributed by atoms with E-state index in [4.69, 9.17) is 4.74 Å². The van der Waals surface area contributed by atoms with Gasteiger partial charge in [-0.3, -0.25) is 19.8 Å². The van der Waals surface area contributed by atoms with Crippen LogP contribution in [0.1, 0.15) is 47.4 Å². The molecule has 3 amide bonds. The lowest BCUT2D eigenvalue weighted by atomic mass is 10.0. The van der Waals surface area contributed by atoms with Crippen LogP contribution in [0.5, 0.6) is 5.75 Å². The average molecular weight is 494 g/mol. The van der Waals surface area contributed by atoms with Gasteiger partial charge in [-0.05, 0) is 52.4 Å². The van der Waals surface area contributed by atoms with Gasteiger partial charge in [-0.15, -0.1) is 0 Å². The summed E-state index contributed by atoms with van der Waals surface area (Å²) in [5.74, 6) is 0.885. The Hall–Kier alpha value is -4.04. The summed E-state index contributed by atoms with van der Waals surface area (Å²) in [6.07, 6.45) is 3.23. The van der Waals surface area contributed by atoms with Crippen molar-refractivity contribution < 1.29 is 19.1 Å². The van der Waals surface area contributed by atoms with E-state index in [1.54, 1.807) is 16.8 Å². The van der Waals surface area contributed by atoms with Gasteiger partial charge in [0.2, 0.25) is 5.91 Å². The second-order valence-electron chi connectivity index (χ2n) is 9.15. The molecule has 0 saturated carbocycles. The number of nitriles is 1. The monoisotopic (exact) mass is 493 g/mol. The standard InChI is InChI=1S/C25H31N7O4/c1-16(2)36-21-10-22(27-12-19(21)11-26)29-25(35)32-8-6-7-17-9-18(20(15-33)28-24(17)32)13-31(5)23(34)14-30(3)4/h9-10,12,15-16H,6-8,13-14H2,1-5H3,(H,27,29,35). The maximum Gasteiger partial charge on any atom is 0.328 e. The lowest BCUT2D eigenvalue weighted by Gasteiger charge is -2.29. The van der Waals surface area contributed by atoms with Crippen LogP contribution in [0.15, 0.2) is 18.3 Å². The third kappa shape index (κ3) is 6.34. The van der Waals surface area contributed by atoms with Crippen molar-refractivity contribution in [2.24, 2.45) is 0 Å². The van der Waals surface area contributed by atoms with Crippen molar-refractivity contribution in [2.45, 2.75) is 39.3 Å². The number of hydrogen-bond acceptors (Lipinski definition) is 8. The summed E-state index contributed by atoms with van der Waals surface area (Å²) in [5.41, 5.74) is 1.90. The van der Waals surface area contributed by atoms with Crippen LogP contribution in [-0.4, -0.2) is 78.3 Å². The lowest BCUT2D eigenvalue weighted by Crippen LogP contribution is -2.40. The van der Waals surface area contributed by atoms with Gasteiger partial charge >= 0.3 is 6.03 Å². The van der Waals surface area contributed by atoms with Crippen LogP contribution in [0.2, 0.25) is 0 Å². The van der Waals surface area contributed by atoms with Crippen LogP contribution in [-0.2, 0) is 17.8 Å². The van der Waals surface area contributed by atoms with Gasteiger partial charge in [0.15, 0.2) is 6.29 Å². The third-order valence-electron chi connectivity index (χ3n) is 5.50. The molecule has 0 unspecified atom stereocenters. The quantitative estimate of drug-likeness (QED) is 0.555. The van der Waals surface area contributed by atoms with Gasteiger partial charge in [-0.1, -0.05) is 0 Å². The Balaban J connectivity index is 1.84. The minimum atomic E-state index is -0.459.